The fraction of sp³-hybridized carbons (Fsp3) is 0.417. The summed E-state index contributed by atoms with van der Waals surface area (Å²) < 4.78 is 0.456. The number of rotatable bonds is 2. The van der Waals surface area contributed by atoms with Gasteiger partial charge in [0.25, 0.3) is 11.6 Å². The summed E-state index contributed by atoms with van der Waals surface area (Å²) in [5, 5.41) is 13.9. The number of carbonyl (C=O) groups excluding carboxylic acids is 1. The van der Waals surface area contributed by atoms with Crippen LogP contribution in [0.2, 0.25) is 0 Å². The maximum absolute atomic E-state index is 12.4. The first kappa shape index (κ1) is 16.9. The summed E-state index contributed by atoms with van der Waals surface area (Å²) in [4.78, 5) is 24.4. The van der Waals surface area contributed by atoms with Crippen LogP contribution in [0.25, 0.3) is 0 Å². The number of hydrogen-bond acceptors (Lipinski definition) is 4. The number of carbonyl (C=O) groups is 1. The molecule has 0 saturated carbocycles. The molecule has 1 aliphatic heterocycles. The number of nitrogens with zero attached hydrogens (tertiary/aromatic N) is 2. The summed E-state index contributed by atoms with van der Waals surface area (Å²) >= 11 is 3.24. The van der Waals surface area contributed by atoms with Crippen LogP contribution in [0.5, 0.6) is 0 Å². The van der Waals surface area contributed by atoms with Crippen molar-refractivity contribution in [3.05, 3.63) is 38.3 Å². The molecular formula is C12H15BrClN3O3. The Hall–Kier alpha value is -1.18. The summed E-state index contributed by atoms with van der Waals surface area (Å²) in [5.41, 5.74) is 0.427. The van der Waals surface area contributed by atoms with E-state index in [-0.39, 0.29) is 30.0 Å². The van der Waals surface area contributed by atoms with E-state index < -0.39 is 4.92 Å². The summed E-state index contributed by atoms with van der Waals surface area (Å²) in [7, 11) is 0. The smallest absolute Gasteiger partial charge is 0.270 e. The topological polar surface area (TPSA) is 75.5 Å². The van der Waals surface area contributed by atoms with Crippen LogP contribution in [0.3, 0.4) is 0 Å². The van der Waals surface area contributed by atoms with Crippen LogP contribution in [0, 0.1) is 10.1 Å². The second kappa shape index (κ2) is 7.01. The predicted octanol–water partition coefficient (Wildman–Crippen LogP) is 2.21. The Morgan fingerprint density at radius 2 is 2.25 bits per heavy atom. The summed E-state index contributed by atoms with van der Waals surface area (Å²) in [6.45, 7) is 4.14. The second-order valence-corrected chi connectivity index (χ2v) is 5.33. The zero-order valence-corrected chi connectivity index (χ0v) is 13.2. The molecule has 1 aliphatic rings. The Labute approximate surface area is 131 Å². The molecule has 110 valence electrons. The third kappa shape index (κ3) is 3.47. The molecule has 1 amide bonds. The minimum atomic E-state index is -0.480. The number of non-ortho nitro benzene ring substituents is 1. The van der Waals surface area contributed by atoms with Gasteiger partial charge in [0, 0.05) is 42.3 Å². The molecule has 0 aliphatic carbocycles. The molecule has 1 aromatic carbocycles. The fourth-order valence-electron chi connectivity index (χ4n) is 2.09. The summed E-state index contributed by atoms with van der Waals surface area (Å²) in [5.74, 6) is -0.101. The number of nitro benzene ring substituents is 1. The van der Waals surface area contributed by atoms with E-state index in [2.05, 4.69) is 21.2 Å². The number of piperazine rings is 1. The van der Waals surface area contributed by atoms with E-state index in [1.54, 1.807) is 4.90 Å². The quantitative estimate of drug-likeness (QED) is 0.645. The Kier molecular flexibility index (Phi) is 5.91. The van der Waals surface area contributed by atoms with Gasteiger partial charge in [0.15, 0.2) is 0 Å². The van der Waals surface area contributed by atoms with Crippen molar-refractivity contribution in [2.45, 2.75) is 13.0 Å². The third-order valence-electron chi connectivity index (χ3n) is 3.16. The highest BCUT2D eigenvalue weighted by Gasteiger charge is 2.26. The van der Waals surface area contributed by atoms with E-state index in [1.165, 1.54) is 18.2 Å². The number of halogens is 2. The van der Waals surface area contributed by atoms with E-state index in [1.807, 2.05) is 6.92 Å². The molecule has 1 atom stereocenters. The lowest BCUT2D eigenvalue weighted by Gasteiger charge is -2.34. The van der Waals surface area contributed by atoms with Crippen LogP contribution in [0.1, 0.15) is 17.3 Å². The molecule has 0 aromatic heterocycles. The van der Waals surface area contributed by atoms with E-state index in [0.717, 1.165) is 13.1 Å². The number of benzene rings is 1. The van der Waals surface area contributed by atoms with Gasteiger partial charge in [-0.05, 0) is 28.9 Å². The van der Waals surface area contributed by atoms with Gasteiger partial charge in [0.05, 0.1) is 10.5 Å². The van der Waals surface area contributed by atoms with Crippen molar-refractivity contribution in [3.8, 4) is 0 Å². The molecule has 0 radical (unpaired) electrons. The Morgan fingerprint density at radius 1 is 1.55 bits per heavy atom. The first-order valence-electron chi connectivity index (χ1n) is 5.96. The largest absolute Gasteiger partial charge is 0.333 e. The summed E-state index contributed by atoms with van der Waals surface area (Å²) in [6.07, 6.45) is 0. The van der Waals surface area contributed by atoms with Crippen molar-refractivity contribution in [3.63, 3.8) is 0 Å². The first-order valence-corrected chi connectivity index (χ1v) is 6.75. The lowest BCUT2D eigenvalue weighted by molar-refractivity contribution is -0.384. The van der Waals surface area contributed by atoms with Gasteiger partial charge in [-0.1, -0.05) is 0 Å². The van der Waals surface area contributed by atoms with E-state index >= 15 is 0 Å². The number of nitrogens with one attached hydrogen (secondary N) is 1. The average Bonchev–Trinajstić information content (AvgIpc) is 2.38. The van der Waals surface area contributed by atoms with Gasteiger partial charge < -0.3 is 10.2 Å². The lowest BCUT2D eigenvalue weighted by Crippen LogP contribution is -2.52. The zero-order valence-electron chi connectivity index (χ0n) is 10.8. The normalized spacial score (nSPS) is 18.3. The van der Waals surface area contributed by atoms with Gasteiger partial charge in [-0.25, -0.2) is 0 Å². The van der Waals surface area contributed by atoms with Crippen molar-refractivity contribution in [1.82, 2.24) is 10.2 Å². The maximum atomic E-state index is 12.4. The molecule has 1 saturated heterocycles. The molecule has 6 nitrogen and oxygen atoms in total. The molecule has 0 spiro atoms. The van der Waals surface area contributed by atoms with Crippen molar-refractivity contribution in [2.24, 2.45) is 0 Å². The highest BCUT2D eigenvalue weighted by atomic mass is 79.9. The predicted molar refractivity (Wildman–Crippen MR) is 81.4 cm³/mol. The van der Waals surface area contributed by atoms with Crippen molar-refractivity contribution in [2.75, 3.05) is 19.6 Å². The third-order valence-corrected chi connectivity index (χ3v) is 3.81. The minimum absolute atomic E-state index is 0. The van der Waals surface area contributed by atoms with Crippen LogP contribution < -0.4 is 5.32 Å². The van der Waals surface area contributed by atoms with Gasteiger partial charge in [0.2, 0.25) is 0 Å². The van der Waals surface area contributed by atoms with Gasteiger partial charge in [-0.15, -0.1) is 12.4 Å². The van der Waals surface area contributed by atoms with Crippen LogP contribution in [-0.4, -0.2) is 41.4 Å². The number of nitro groups is 1. The van der Waals surface area contributed by atoms with Crippen LogP contribution in [-0.2, 0) is 0 Å². The van der Waals surface area contributed by atoms with Crippen molar-refractivity contribution < 1.29 is 9.72 Å². The van der Waals surface area contributed by atoms with Crippen molar-refractivity contribution in [1.29, 1.82) is 0 Å². The highest BCUT2D eigenvalue weighted by Crippen LogP contribution is 2.25. The van der Waals surface area contributed by atoms with Crippen LogP contribution >= 0.6 is 28.3 Å². The number of hydrogen-bond donors (Lipinski definition) is 1. The average molecular weight is 365 g/mol. The molecule has 20 heavy (non-hydrogen) atoms. The lowest BCUT2D eigenvalue weighted by atomic mass is 10.1. The van der Waals surface area contributed by atoms with Gasteiger partial charge in [-0.2, -0.15) is 0 Å². The Bertz CT molecular complexity index is 527. The number of amides is 1. The molecule has 8 heteroatoms. The van der Waals surface area contributed by atoms with Crippen molar-refractivity contribution >= 4 is 39.9 Å². The summed E-state index contributed by atoms with van der Waals surface area (Å²) in [6, 6.07) is 4.33. The minimum Gasteiger partial charge on any atom is -0.333 e. The molecule has 1 fully saturated rings. The molecular weight excluding hydrogens is 350 g/mol. The second-order valence-electron chi connectivity index (χ2n) is 4.47. The SMILES string of the molecule is C[C@@H]1CNCCN1C(=O)c1ccc([N+](=O)[O-])cc1Br.Cl. The van der Waals surface area contributed by atoms with E-state index in [4.69, 9.17) is 0 Å². The standard InChI is InChI=1S/C12H14BrN3O3.ClH/c1-8-7-14-4-5-15(8)12(17)10-3-2-9(16(18)19)6-11(10)13;/h2-3,6,8,14H,4-5,7H2,1H3;1H/t8-;/m1./s1. The molecule has 0 bridgehead atoms. The van der Waals surface area contributed by atoms with Crippen LogP contribution in [0.15, 0.2) is 22.7 Å². The van der Waals surface area contributed by atoms with Crippen LogP contribution in [0.4, 0.5) is 5.69 Å². The maximum Gasteiger partial charge on any atom is 0.270 e. The van der Waals surface area contributed by atoms with E-state index in [9.17, 15) is 14.9 Å². The van der Waals surface area contributed by atoms with Gasteiger partial charge in [-0.3, -0.25) is 14.9 Å². The fourth-order valence-corrected chi connectivity index (χ4v) is 2.62. The molecule has 0 unspecified atom stereocenters. The monoisotopic (exact) mass is 363 g/mol. The molecule has 2 rings (SSSR count). The highest BCUT2D eigenvalue weighted by molar-refractivity contribution is 9.10. The zero-order chi connectivity index (χ0) is 14.0. The molecule has 1 N–H and O–H groups in total. The Balaban J connectivity index is 0.00000200. The molecule has 1 aromatic rings. The first-order chi connectivity index (χ1) is 9.00. The van der Waals surface area contributed by atoms with Gasteiger partial charge in [0.1, 0.15) is 0 Å². The molecule has 1 heterocycles. The van der Waals surface area contributed by atoms with E-state index in [0.29, 0.717) is 16.6 Å². The van der Waals surface area contributed by atoms with Gasteiger partial charge >= 0.3 is 0 Å². The Morgan fingerprint density at radius 3 is 2.80 bits per heavy atom.